The number of piperidine rings is 1. The molecule has 1 aromatic rings. The summed E-state index contributed by atoms with van der Waals surface area (Å²) in [5.74, 6) is 0.882. The predicted octanol–water partition coefficient (Wildman–Crippen LogP) is 3.63. The van der Waals surface area contributed by atoms with Gasteiger partial charge in [-0.25, -0.2) is 0 Å². The Labute approximate surface area is 190 Å². The summed E-state index contributed by atoms with van der Waals surface area (Å²) in [6.07, 6.45) is 3.13. The standard InChI is InChI=1S/C21H27BrClN3O4/c1-28-17-13-26(7-3-2-6-24)8-5-14(17)12-25-21(27)15-11-16(23)18(22)20-19(15)29-9-4-10-30-20/h11,14,17H,2-5,7-10,12-13H2,1H3,(H,25,27)/t14-,17?/m0/s1. The van der Waals surface area contributed by atoms with Gasteiger partial charge in [-0.15, -0.1) is 0 Å². The monoisotopic (exact) mass is 499 g/mol. The molecule has 0 saturated carbocycles. The van der Waals surface area contributed by atoms with Gasteiger partial charge in [0, 0.05) is 39.0 Å². The molecule has 9 heteroatoms. The van der Waals surface area contributed by atoms with Crippen LogP contribution in [-0.4, -0.2) is 63.4 Å². The van der Waals surface area contributed by atoms with Gasteiger partial charge in [0.15, 0.2) is 11.5 Å². The summed E-state index contributed by atoms with van der Waals surface area (Å²) in [6.45, 7) is 4.13. The molecule has 2 aliphatic heterocycles. The maximum absolute atomic E-state index is 13.0. The third kappa shape index (κ3) is 5.58. The number of nitrogens with zero attached hydrogens (tertiary/aromatic N) is 2. The fraction of sp³-hybridized carbons (Fsp3) is 0.619. The topological polar surface area (TPSA) is 83.8 Å². The van der Waals surface area contributed by atoms with E-state index in [2.05, 4.69) is 32.2 Å². The average molecular weight is 501 g/mol. The Morgan fingerprint density at radius 2 is 2.20 bits per heavy atom. The van der Waals surface area contributed by atoms with Gasteiger partial charge in [0.2, 0.25) is 0 Å². The zero-order valence-corrected chi connectivity index (χ0v) is 19.4. The van der Waals surface area contributed by atoms with E-state index in [1.165, 1.54) is 0 Å². The van der Waals surface area contributed by atoms with Crippen LogP contribution in [0.5, 0.6) is 11.5 Å². The number of hydrogen-bond acceptors (Lipinski definition) is 6. The summed E-state index contributed by atoms with van der Waals surface area (Å²) in [6, 6.07) is 3.80. The SMILES string of the molecule is COC1CN(CCCC#N)CC[C@H]1CNC(=O)c1cc(Cl)c(Br)c2c1OCCCO2. The summed E-state index contributed by atoms with van der Waals surface area (Å²) < 4.78 is 17.8. The second-order valence-electron chi connectivity index (χ2n) is 7.52. The van der Waals surface area contributed by atoms with Crippen LogP contribution in [0.25, 0.3) is 0 Å². The molecule has 2 aliphatic rings. The number of nitriles is 1. The van der Waals surface area contributed by atoms with E-state index >= 15 is 0 Å². The fourth-order valence-corrected chi connectivity index (χ4v) is 4.47. The first kappa shape index (κ1) is 23.1. The highest BCUT2D eigenvalue weighted by Crippen LogP contribution is 2.44. The van der Waals surface area contributed by atoms with E-state index in [0.29, 0.717) is 52.7 Å². The minimum absolute atomic E-state index is 0.0336. The van der Waals surface area contributed by atoms with Crippen molar-refractivity contribution in [1.29, 1.82) is 5.26 Å². The number of benzene rings is 1. The number of ether oxygens (including phenoxy) is 3. The zero-order chi connectivity index (χ0) is 21.5. The molecule has 0 bridgehead atoms. The van der Waals surface area contributed by atoms with Crippen molar-refractivity contribution in [2.24, 2.45) is 5.92 Å². The molecular weight excluding hydrogens is 474 g/mol. The van der Waals surface area contributed by atoms with Crippen LogP contribution in [0.15, 0.2) is 10.5 Å². The van der Waals surface area contributed by atoms with Crippen LogP contribution in [0.4, 0.5) is 0 Å². The highest BCUT2D eigenvalue weighted by atomic mass is 79.9. The fourth-order valence-electron chi connectivity index (χ4n) is 3.87. The number of hydrogen-bond donors (Lipinski definition) is 1. The lowest BCUT2D eigenvalue weighted by atomic mass is 9.93. The van der Waals surface area contributed by atoms with Crippen molar-refractivity contribution in [3.05, 3.63) is 21.1 Å². The molecule has 2 heterocycles. The number of carbonyl (C=O) groups excluding carboxylic acids is 1. The molecule has 1 N–H and O–H groups in total. The molecule has 1 saturated heterocycles. The van der Waals surface area contributed by atoms with Crippen molar-refractivity contribution in [3.63, 3.8) is 0 Å². The lowest BCUT2D eigenvalue weighted by molar-refractivity contribution is -0.0105. The van der Waals surface area contributed by atoms with Gasteiger partial charge in [-0.05, 0) is 47.9 Å². The molecule has 1 unspecified atom stereocenters. The molecule has 0 aromatic heterocycles. The van der Waals surface area contributed by atoms with Crippen LogP contribution in [-0.2, 0) is 4.74 Å². The number of likely N-dealkylation sites (tertiary alicyclic amines) is 1. The quantitative estimate of drug-likeness (QED) is 0.576. The van der Waals surface area contributed by atoms with Crippen molar-refractivity contribution < 1.29 is 19.0 Å². The summed E-state index contributed by atoms with van der Waals surface area (Å²) >= 11 is 9.73. The van der Waals surface area contributed by atoms with Crippen molar-refractivity contribution in [2.45, 2.75) is 31.8 Å². The number of fused-ring (bicyclic) bond motifs is 1. The summed E-state index contributed by atoms with van der Waals surface area (Å²) in [4.78, 5) is 15.3. The van der Waals surface area contributed by atoms with Crippen LogP contribution < -0.4 is 14.8 Å². The summed E-state index contributed by atoms with van der Waals surface area (Å²) in [5.41, 5.74) is 0.378. The van der Waals surface area contributed by atoms with Gasteiger partial charge < -0.3 is 24.4 Å². The Morgan fingerprint density at radius 3 is 2.93 bits per heavy atom. The third-order valence-electron chi connectivity index (χ3n) is 5.53. The van der Waals surface area contributed by atoms with E-state index < -0.39 is 0 Å². The van der Waals surface area contributed by atoms with E-state index in [0.717, 1.165) is 38.9 Å². The molecule has 2 atom stereocenters. The maximum Gasteiger partial charge on any atom is 0.255 e. The Balaban J connectivity index is 1.63. The van der Waals surface area contributed by atoms with E-state index in [4.69, 9.17) is 31.1 Å². The average Bonchev–Trinajstić information content (AvgIpc) is 3.01. The van der Waals surface area contributed by atoms with Gasteiger partial charge in [-0.3, -0.25) is 4.79 Å². The molecule has 1 aromatic carbocycles. The number of carbonyl (C=O) groups is 1. The van der Waals surface area contributed by atoms with E-state index in [1.807, 2.05) is 0 Å². The van der Waals surface area contributed by atoms with Crippen molar-refractivity contribution in [1.82, 2.24) is 10.2 Å². The summed E-state index contributed by atoms with van der Waals surface area (Å²) in [5, 5.41) is 12.1. The molecule has 0 radical (unpaired) electrons. The number of rotatable bonds is 7. The van der Waals surface area contributed by atoms with Crippen molar-refractivity contribution in [3.8, 4) is 17.6 Å². The number of methoxy groups -OCH3 is 1. The van der Waals surface area contributed by atoms with Crippen LogP contribution in [0.2, 0.25) is 5.02 Å². The highest BCUT2D eigenvalue weighted by molar-refractivity contribution is 9.10. The third-order valence-corrected chi connectivity index (χ3v) is 6.84. The van der Waals surface area contributed by atoms with Crippen LogP contribution in [0.1, 0.15) is 36.0 Å². The maximum atomic E-state index is 13.0. The van der Waals surface area contributed by atoms with Crippen LogP contribution >= 0.6 is 27.5 Å². The number of amides is 1. The second-order valence-corrected chi connectivity index (χ2v) is 8.72. The Kier molecular flexibility index (Phi) is 8.63. The first-order valence-electron chi connectivity index (χ1n) is 10.2. The van der Waals surface area contributed by atoms with Gasteiger partial charge in [0.05, 0.1) is 40.4 Å². The minimum atomic E-state index is -0.238. The molecule has 0 aliphatic carbocycles. The molecular formula is C21H27BrClN3O4. The lowest BCUT2D eigenvalue weighted by Gasteiger charge is -2.37. The number of halogens is 2. The summed E-state index contributed by atoms with van der Waals surface area (Å²) in [7, 11) is 1.71. The van der Waals surface area contributed by atoms with Gasteiger partial charge in [-0.1, -0.05) is 11.6 Å². The molecule has 1 amide bonds. The predicted molar refractivity (Wildman–Crippen MR) is 117 cm³/mol. The first-order chi connectivity index (χ1) is 14.5. The first-order valence-corrected chi connectivity index (χ1v) is 11.4. The van der Waals surface area contributed by atoms with Gasteiger partial charge >= 0.3 is 0 Å². The van der Waals surface area contributed by atoms with Gasteiger partial charge in [-0.2, -0.15) is 5.26 Å². The smallest absolute Gasteiger partial charge is 0.255 e. The molecule has 0 spiro atoms. The zero-order valence-electron chi connectivity index (χ0n) is 17.1. The number of nitrogens with one attached hydrogen (secondary N) is 1. The van der Waals surface area contributed by atoms with Crippen LogP contribution in [0, 0.1) is 17.2 Å². The minimum Gasteiger partial charge on any atom is -0.489 e. The highest BCUT2D eigenvalue weighted by Gasteiger charge is 2.30. The molecule has 3 rings (SSSR count). The van der Waals surface area contributed by atoms with Gasteiger partial charge in [0.25, 0.3) is 5.91 Å². The molecule has 30 heavy (non-hydrogen) atoms. The van der Waals surface area contributed by atoms with E-state index in [9.17, 15) is 4.79 Å². The molecule has 164 valence electrons. The second kappa shape index (κ2) is 11.2. The van der Waals surface area contributed by atoms with Gasteiger partial charge in [0.1, 0.15) is 0 Å². The molecule has 7 nitrogen and oxygen atoms in total. The lowest BCUT2D eigenvalue weighted by Crippen LogP contribution is -2.48. The van der Waals surface area contributed by atoms with E-state index in [1.54, 1.807) is 13.2 Å². The van der Waals surface area contributed by atoms with Crippen molar-refractivity contribution >= 4 is 33.4 Å². The van der Waals surface area contributed by atoms with Crippen molar-refractivity contribution in [2.75, 3.05) is 46.5 Å². The molecule has 1 fully saturated rings. The largest absolute Gasteiger partial charge is 0.489 e. The Hall–Kier alpha value is -1.53. The Morgan fingerprint density at radius 1 is 1.43 bits per heavy atom. The Bertz CT molecular complexity index is 801. The number of unbranched alkanes of at least 4 members (excludes halogenated alkanes) is 1. The normalized spacial score (nSPS) is 21.5. The van der Waals surface area contributed by atoms with E-state index in [-0.39, 0.29) is 17.9 Å². The van der Waals surface area contributed by atoms with Crippen LogP contribution in [0.3, 0.4) is 0 Å².